The highest BCUT2D eigenvalue weighted by molar-refractivity contribution is 5.94. The van der Waals surface area contributed by atoms with Crippen LogP contribution in [0.25, 0.3) is 0 Å². The Morgan fingerprint density at radius 1 is 1.12 bits per heavy atom. The van der Waals surface area contributed by atoms with Gasteiger partial charge < -0.3 is 24.6 Å². The van der Waals surface area contributed by atoms with Crippen LogP contribution in [0.4, 0.5) is 16.2 Å². The lowest BCUT2D eigenvalue weighted by molar-refractivity contribution is 0.0240. The smallest absolute Gasteiger partial charge is 0.410 e. The summed E-state index contributed by atoms with van der Waals surface area (Å²) in [5.74, 6) is -0.353. The summed E-state index contributed by atoms with van der Waals surface area (Å²) in [6.07, 6.45) is -0.284. The van der Waals surface area contributed by atoms with E-state index in [0.29, 0.717) is 31.7 Å². The third-order valence-electron chi connectivity index (χ3n) is 4.35. The fourth-order valence-electron chi connectivity index (χ4n) is 2.95. The number of nitrogens with zero attached hydrogens (tertiary/aromatic N) is 2. The van der Waals surface area contributed by atoms with Crippen molar-refractivity contribution in [2.45, 2.75) is 33.3 Å². The summed E-state index contributed by atoms with van der Waals surface area (Å²) in [6, 6.07) is 3.81. The van der Waals surface area contributed by atoms with Crippen LogP contribution in [-0.2, 0) is 9.47 Å². The Morgan fingerprint density at radius 3 is 2.23 bits per heavy atom. The van der Waals surface area contributed by atoms with Gasteiger partial charge in [-0.1, -0.05) is 0 Å². The normalized spacial score (nSPS) is 14.8. The molecule has 0 atom stereocenters. The first kappa shape index (κ1) is 19.9. The van der Waals surface area contributed by atoms with Crippen LogP contribution in [0.2, 0.25) is 0 Å². The second kappa shape index (κ2) is 7.85. The van der Waals surface area contributed by atoms with E-state index in [1.807, 2.05) is 40.8 Å². The van der Waals surface area contributed by atoms with E-state index in [1.165, 1.54) is 7.11 Å². The molecule has 144 valence electrons. The zero-order valence-corrected chi connectivity index (χ0v) is 16.5. The lowest BCUT2D eigenvalue weighted by Crippen LogP contribution is -2.50. The van der Waals surface area contributed by atoms with E-state index in [0.717, 1.165) is 16.9 Å². The largest absolute Gasteiger partial charge is 0.465 e. The summed E-state index contributed by atoms with van der Waals surface area (Å²) in [5, 5.41) is 3.09. The van der Waals surface area contributed by atoms with Crippen LogP contribution in [-0.4, -0.2) is 62.9 Å². The van der Waals surface area contributed by atoms with E-state index in [2.05, 4.69) is 10.2 Å². The fraction of sp³-hybridized carbons (Fsp3) is 0.579. The Hall–Kier alpha value is -2.44. The molecule has 0 unspecified atom stereocenters. The van der Waals surface area contributed by atoms with Crippen molar-refractivity contribution in [2.24, 2.45) is 0 Å². The zero-order chi connectivity index (χ0) is 19.5. The maximum atomic E-state index is 12.2. The summed E-state index contributed by atoms with van der Waals surface area (Å²) in [5.41, 5.74) is 2.74. The Labute approximate surface area is 155 Å². The summed E-state index contributed by atoms with van der Waals surface area (Å²) in [7, 11) is 3.20. The summed E-state index contributed by atoms with van der Waals surface area (Å²) in [6.45, 7) is 10.0. The lowest BCUT2D eigenvalue weighted by atomic mass is 10.0. The van der Waals surface area contributed by atoms with Gasteiger partial charge in [0.05, 0.1) is 12.7 Å². The maximum Gasteiger partial charge on any atom is 0.410 e. The van der Waals surface area contributed by atoms with E-state index in [-0.39, 0.29) is 12.1 Å². The summed E-state index contributed by atoms with van der Waals surface area (Å²) in [4.78, 5) is 28.2. The van der Waals surface area contributed by atoms with Crippen molar-refractivity contribution in [1.29, 1.82) is 0 Å². The van der Waals surface area contributed by atoms with E-state index in [1.54, 1.807) is 11.0 Å². The molecule has 0 aromatic heterocycles. The molecular formula is C19H29N3O4. The summed E-state index contributed by atoms with van der Waals surface area (Å²) >= 11 is 0. The average molecular weight is 363 g/mol. The number of benzene rings is 1. The number of piperazine rings is 1. The van der Waals surface area contributed by atoms with E-state index >= 15 is 0 Å². The van der Waals surface area contributed by atoms with Gasteiger partial charge in [0.2, 0.25) is 0 Å². The average Bonchev–Trinajstić information content (AvgIpc) is 2.60. The number of carbonyl (C=O) groups excluding carboxylic acids is 2. The molecule has 2 rings (SSSR count). The van der Waals surface area contributed by atoms with Crippen LogP contribution in [0.15, 0.2) is 12.1 Å². The molecule has 0 aliphatic carbocycles. The number of methoxy groups -OCH3 is 1. The van der Waals surface area contributed by atoms with E-state index < -0.39 is 5.60 Å². The van der Waals surface area contributed by atoms with Gasteiger partial charge in [0.15, 0.2) is 0 Å². The highest BCUT2D eigenvalue weighted by Crippen LogP contribution is 2.29. The first-order chi connectivity index (χ1) is 12.2. The molecule has 1 fully saturated rings. The molecule has 7 heteroatoms. The van der Waals surface area contributed by atoms with Crippen LogP contribution in [0.1, 0.15) is 36.7 Å². The zero-order valence-electron chi connectivity index (χ0n) is 16.5. The molecule has 0 radical (unpaired) electrons. The van der Waals surface area contributed by atoms with E-state index in [9.17, 15) is 9.59 Å². The lowest BCUT2D eigenvalue weighted by Gasteiger charge is -2.37. The number of carbonyl (C=O) groups is 2. The molecule has 0 spiro atoms. The number of rotatable bonds is 3. The standard InChI is InChI=1S/C19H29N3O4/c1-13-15(17(23)25-6)11-14(20-5)12-16(13)21-7-9-22(10-8-21)18(24)26-19(2,3)4/h11-12,20H,7-10H2,1-6H3. The molecule has 1 aromatic rings. The Morgan fingerprint density at radius 2 is 1.73 bits per heavy atom. The number of hydrogen-bond donors (Lipinski definition) is 1. The first-order valence-electron chi connectivity index (χ1n) is 8.80. The van der Waals surface area contributed by atoms with Gasteiger partial charge in [-0.05, 0) is 45.4 Å². The molecule has 26 heavy (non-hydrogen) atoms. The molecule has 1 amide bonds. The number of anilines is 2. The van der Waals surface area contributed by atoms with Crippen molar-refractivity contribution < 1.29 is 19.1 Å². The van der Waals surface area contributed by atoms with Crippen LogP contribution in [0.3, 0.4) is 0 Å². The van der Waals surface area contributed by atoms with Crippen molar-refractivity contribution in [3.05, 3.63) is 23.3 Å². The van der Waals surface area contributed by atoms with Crippen LogP contribution >= 0.6 is 0 Å². The van der Waals surface area contributed by atoms with Crippen molar-refractivity contribution in [3.8, 4) is 0 Å². The van der Waals surface area contributed by atoms with Gasteiger partial charge >= 0.3 is 12.1 Å². The number of nitrogens with one attached hydrogen (secondary N) is 1. The van der Waals surface area contributed by atoms with Gasteiger partial charge in [-0.25, -0.2) is 9.59 Å². The van der Waals surface area contributed by atoms with Gasteiger partial charge in [0.25, 0.3) is 0 Å². The highest BCUT2D eigenvalue weighted by Gasteiger charge is 2.27. The van der Waals surface area contributed by atoms with Gasteiger partial charge in [0.1, 0.15) is 5.60 Å². The molecule has 1 aromatic carbocycles. The second-order valence-corrected chi connectivity index (χ2v) is 7.36. The predicted octanol–water partition coefficient (Wildman–Crippen LogP) is 2.88. The van der Waals surface area contributed by atoms with Crippen LogP contribution in [0.5, 0.6) is 0 Å². The van der Waals surface area contributed by atoms with Crippen molar-refractivity contribution in [1.82, 2.24) is 4.90 Å². The molecule has 1 saturated heterocycles. The molecule has 0 saturated carbocycles. The van der Waals surface area contributed by atoms with Gasteiger partial charge in [-0.15, -0.1) is 0 Å². The van der Waals surface area contributed by atoms with Gasteiger partial charge in [-0.2, -0.15) is 0 Å². The number of esters is 1. The number of amides is 1. The highest BCUT2D eigenvalue weighted by atomic mass is 16.6. The van der Waals surface area contributed by atoms with Crippen LogP contribution in [0, 0.1) is 6.92 Å². The fourth-order valence-corrected chi connectivity index (χ4v) is 2.95. The Balaban J connectivity index is 2.16. The van der Waals surface area contributed by atoms with Gasteiger partial charge in [0, 0.05) is 44.6 Å². The second-order valence-electron chi connectivity index (χ2n) is 7.36. The topological polar surface area (TPSA) is 71.1 Å². The predicted molar refractivity (Wildman–Crippen MR) is 102 cm³/mol. The third kappa shape index (κ3) is 4.59. The minimum absolute atomic E-state index is 0.284. The van der Waals surface area contributed by atoms with Crippen molar-refractivity contribution in [3.63, 3.8) is 0 Å². The number of hydrogen-bond acceptors (Lipinski definition) is 6. The first-order valence-corrected chi connectivity index (χ1v) is 8.80. The quantitative estimate of drug-likeness (QED) is 0.833. The van der Waals surface area contributed by atoms with Crippen molar-refractivity contribution >= 4 is 23.4 Å². The summed E-state index contributed by atoms with van der Waals surface area (Å²) < 4.78 is 10.3. The number of ether oxygens (including phenoxy) is 2. The van der Waals surface area contributed by atoms with Crippen molar-refractivity contribution in [2.75, 3.05) is 50.6 Å². The Kier molecular flexibility index (Phi) is 6.00. The Bertz CT molecular complexity index is 674. The molecule has 1 N–H and O–H groups in total. The maximum absolute atomic E-state index is 12.2. The minimum Gasteiger partial charge on any atom is -0.465 e. The van der Waals surface area contributed by atoms with Crippen LogP contribution < -0.4 is 10.2 Å². The SMILES string of the molecule is CNc1cc(C(=O)OC)c(C)c(N2CCN(C(=O)OC(C)(C)C)CC2)c1. The molecule has 7 nitrogen and oxygen atoms in total. The third-order valence-corrected chi connectivity index (χ3v) is 4.35. The van der Waals surface area contributed by atoms with E-state index in [4.69, 9.17) is 9.47 Å². The minimum atomic E-state index is -0.499. The molecule has 0 bridgehead atoms. The molecule has 1 heterocycles. The molecular weight excluding hydrogens is 334 g/mol. The molecule has 1 aliphatic rings. The van der Waals surface area contributed by atoms with Gasteiger partial charge in [-0.3, -0.25) is 0 Å². The monoisotopic (exact) mass is 363 g/mol. The molecule has 1 aliphatic heterocycles.